The minimum absolute atomic E-state index is 0.411. The van der Waals surface area contributed by atoms with Gasteiger partial charge in [-0.2, -0.15) is 0 Å². The van der Waals surface area contributed by atoms with Crippen LogP contribution in [0.4, 0.5) is 11.6 Å². The van der Waals surface area contributed by atoms with Gasteiger partial charge in [0.1, 0.15) is 11.6 Å². The highest BCUT2D eigenvalue weighted by Gasteiger charge is 2.04. The second-order valence-electron chi connectivity index (χ2n) is 4.07. The number of nitrogen functional groups attached to an aromatic ring is 1. The molecule has 0 fully saturated rings. The van der Waals surface area contributed by atoms with E-state index in [9.17, 15) is 4.21 Å². The van der Waals surface area contributed by atoms with Crippen molar-refractivity contribution in [2.75, 3.05) is 29.6 Å². The van der Waals surface area contributed by atoms with Crippen molar-refractivity contribution in [3.05, 3.63) is 36.4 Å². The molecule has 5 nitrogen and oxygen atoms in total. The molecule has 0 spiro atoms. The third-order valence-corrected chi connectivity index (χ3v) is 3.25. The van der Waals surface area contributed by atoms with Gasteiger partial charge in [0.2, 0.25) is 0 Å². The summed E-state index contributed by atoms with van der Waals surface area (Å²) in [5.74, 6) is 2.22. The number of aromatic nitrogens is 2. The van der Waals surface area contributed by atoms with Gasteiger partial charge in [0.15, 0.2) is 5.82 Å². The number of nitrogens with zero attached hydrogens (tertiary/aromatic N) is 2. The number of benzene rings is 1. The molecule has 6 heteroatoms. The van der Waals surface area contributed by atoms with Crippen LogP contribution >= 0.6 is 0 Å². The van der Waals surface area contributed by atoms with Gasteiger partial charge in [0.05, 0.1) is 0 Å². The van der Waals surface area contributed by atoms with Gasteiger partial charge in [-0.3, -0.25) is 4.21 Å². The normalized spacial score (nSPS) is 12.1. The van der Waals surface area contributed by atoms with Crippen molar-refractivity contribution in [1.29, 1.82) is 0 Å². The standard InChI is InChI=1S/C13H16N4OS/c1-19(18)8-7-15-12-9-11(14)16-13(17-12)10-5-3-2-4-6-10/h2-6,9H,7-8H2,1H3,(H3,14,15,16,17). The molecule has 0 amide bonds. The zero-order valence-electron chi connectivity index (χ0n) is 10.7. The van der Waals surface area contributed by atoms with Gasteiger partial charge < -0.3 is 11.1 Å². The summed E-state index contributed by atoms with van der Waals surface area (Å²) in [7, 11) is -0.823. The monoisotopic (exact) mass is 276 g/mol. The van der Waals surface area contributed by atoms with E-state index in [1.165, 1.54) is 0 Å². The molecular weight excluding hydrogens is 260 g/mol. The predicted octanol–water partition coefficient (Wildman–Crippen LogP) is 1.52. The van der Waals surface area contributed by atoms with Gasteiger partial charge >= 0.3 is 0 Å². The zero-order valence-corrected chi connectivity index (χ0v) is 11.5. The fraction of sp³-hybridized carbons (Fsp3) is 0.231. The molecule has 0 saturated carbocycles. The first-order valence-electron chi connectivity index (χ1n) is 5.89. The third kappa shape index (κ3) is 4.03. The average Bonchev–Trinajstić information content (AvgIpc) is 2.39. The molecule has 2 rings (SSSR count). The Morgan fingerprint density at radius 1 is 1.26 bits per heavy atom. The van der Waals surface area contributed by atoms with Crippen LogP contribution in [0.3, 0.4) is 0 Å². The van der Waals surface area contributed by atoms with Gasteiger partial charge in [-0.25, -0.2) is 9.97 Å². The van der Waals surface area contributed by atoms with Crippen LogP contribution in [0.25, 0.3) is 11.4 Å². The summed E-state index contributed by atoms with van der Waals surface area (Å²) < 4.78 is 11.0. The number of anilines is 2. The summed E-state index contributed by atoms with van der Waals surface area (Å²) >= 11 is 0. The maximum atomic E-state index is 11.0. The van der Waals surface area contributed by atoms with Crippen LogP contribution in [0, 0.1) is 0 Å². The Hall–Kier alpha value is -1.95. The summed E-state index contributed by atoms with van der Waals surface area (Å²) in [6.45, 7) is 0.591. The summed E-state index contributed by atoms with van der Waals surface area (Å²) in [4.78, 5) is 8.61. The summed E-state index contributed by atoms with van der Waals surface area (Å²) in [5, 5.41) is 3.10. The molecule has 0 saturated heterocycles. The molecule has 1 atom stereocenters. The molecule has 0 radical (unpaired) electrons. The fourth-order valence-electron chi connectivity index (χ4n) is 1.60. The van der Waals surface area contributed by atoms with Crippen LogP contribution in [0.1, 0.15) is 0 Å². The van der Waals surface area contributed by atoms with Crippen molar-refractivity contribution in [2.24, 2.45) is 0 Å². The Bertz CT molecular complexity index is 574. The molecule has 0 aliphatic rings. The number of hydrogen-bond donors (Lipinski definition) is 2. The smallest absolute Gasteiger partial charge is 0.163 e. The quantitative estimate of drug-likeness (QED) is 0.865. The molecule has 1 aromatic carbocycles. The van der Waals surface area contributed by atoms with Gasteiger partial charge in [-0.15, -0.1) is 0 Å². The number of nitrogens with two attached hydrogens (primary N) is 1. The van der Waals surface area contributed by atoms with E-state index in [1.807, 2.05) is 30.3 Å². The van der Waals surface area contributed by atoms with Gasteiger partial charge in [0.25, 0.3) is 0 Å². The van der Waals surface area contributed by atoms with Crippen molar-refractivity contribution in [2.45, 2.75) is 0 Å². The van der Waals surface area contributed by atoms with Crippen LogP contribution < -0.4 is 11.1 Å². The molecule has 1 aromatic heterocycles. The minimum Gasteiger partial charge on any atom is -0.384 e. The highest BCUT2D eigenvalue weighted by Crippen LogP contribution is 2.18. The molecule has 0 aliphatic carbocycles. The van der Waals surface area contributed by atoms with E-state index < -0.39 is 10.8 Å². The van der Waals surface area contributed by atoms with E-state index in [0.717, 1.165) is 5.56 Å². The number of nitrogens with one attached hydrogen (secondary N) is 1. The van der Waals surface area contributed by atoms with Crippen LogP contribution in [-0.4, -0.2) is 32.7 Å². The second-order valence-corrected chi connectivity index (χ2v) is 5.63. The Labute approximate surface area is 114 Å². The lowest BCUT2D eigenvalue weighted by Crippen LogP contribution is -2.11. The van der Waals surface area contributed by atoms with E-state index in [4.69, 9.17) is 5.73 Å². The Morgan fingerprint density at radius 3 is 2.68 bits per heavy atom. The van der Waals surface area contributed by atoms with E-state index in [2.05, 4.69) is 15.3 Å². The first-order valence-corrected chi connectivity index (χ1v) is 7.62. The second kappa shape index (κ2) is 6.29. The first-order chi connectivity index (χ1) is 9.15. The lowest BCUT2D eigenvalue weighted by atomic mass is 10.2. The predicted molar refractivity (Wildman–Crippen MR) is 79.3 cm³/mol. The van der Waals surface area contributed by atoms with E-state index in [0.29, 0.717) is 29.8 Å². The molecule has 1 unspecified atom stereocenters. The number of rotatable bonds is 5. The lowest BCUT2D eigenvalue weighted by molar-refractivity contribution is 0.687. The zero-order chi connectivity index (χ0) is 13.7. The molecule has 0 bridgehead atoms. The third-order valence-electron chi connectivity index (χ3n) is 2.47. The lowest BCUT2D eigenvalue weighted by Gasteiger charge is -2.07. The van der Waals surface area contributed by atoms with Crippen molar-refractivity contribution in [1.82, 2.24) is 9.97 Å². The van der Waals surface area contributed by atoms with Gasteiger partial charge in [0, 0.05) is 41.0 Å². The highest BCUT2D eigenvalue weighted by molar-refractivity contribution is 7.84. The van der Waals surface area contributed by atoms with Crippen LogP contribution in [0.2, 0.25) is 0 Å². The topological polar surface area (TPSA) is 80.9 Å². The van der Waals surface area contributed by atoms with Crippen LogP contribution in [0.5, 0.6) is 0 Å². The van der Waals surface area contributed by atoms with Gasteiger partial charge in [-0.05, 0) is 0 Å². The van der Waals surface area contributed by atoms with E-state index in [-0.39, 0.29) is 0 Å². The molecule has 1 heterocycles. The van der Waals surface area contributed by atoms with Crippen molar-refractivity contribution >= 4 is 22.4 Å². The van der Waals surface area contributed by atoms with E-state index >= 15 is 0 Å². The number of hydrogen-bond acceptors (Lipinski definition) is 5. The van der Waals surface area contributed by atoms with E-state index in [1.54, 1.807) is 12.3 Å². The largest absolute Gasteiger partial charge is 0.384 e. The molecular formula is C13H16N4OS. The molecule has 3 N–H and O–H groups in total. The molecule has 2 aromatic rings. The van der Waals surface area contributed by atoms with Gasteiger partial charge in [-0.1, -0.05) is 30.3 Å². The molecule has 100 valence electrons. The van der Waals surface area contributed by atoms with Crippen LogP contribution in [0.15, 0.2) is 36.4 Å². The first kappa shape index (κ1) is 13.5. The van der Waals surface area contributed by atoms with Crippen molar-refractivity contribution in [3.8, 4) is 11.4 Å². The molecule has 0 aliphatic heterocycles. The highest BCUT2D eigenvalue weighted by atomic mass is 32.2. The molecule has 19 heavy (non-hydrogen) atoms. The minimum atomic E-state index is -0.823. The Kier molecular flexibility index (Phi) is 4.46. The van der Waals surface area contributed by atoms with Crippen molar-refractivity contribution < 1.29 is 4.21 Å². The fourth-order valence-corrected chi connectivity index (χ4v) is 1.99. The summed E-state index contributed by atoms with van der Waals surface area (Å²) in [6, 6.07) is 11.3. The van der Waals surface area contributed by atoms with Crippen LogP contribution in [-0.2, 0) is 10.8 Å². The summed E-state index contributed by atoms with van der Waals surface area (Å²) in [5.41, 5.74) is 6.69. The average molecular weight is 276 g/mol. The maximum absolute atomic E-state index is 11.0. The maximum Gasteiger partial charge on any atom is 0.163 e. The Balaban J connectivity index is 2.18. The SMILES string of the molecule is CS(=O)CCNc1cc(N)nc(-c2ccccc2)n1. The Morgan fingerprint density at radius 2 is 2.00 bits per heavy atom. The summed E-state index contributed by atoms with van der Waals surface area (Å²) in [6.07, 6.45) is 1.67. The van der Waals surface area contributed by atoms with Crippen molar-refractivity contribution in [3.63, 3.8) is 0 Å².